The minimum atomic E-state index is -4.31. The maximum Gasteiger partial charge on any atom is 0.356 e. The van der Waals surface area contributed by atoms with Crippen LogP contribution in [-0.2, 0) is 13.8 Å². The van der Waals surface area contributed by atoms with Crippen LogP contribution >= 0.6 is 30.2 Å². The molecule has 154 valence electrons. The predicted molar refractivity (Wildman–Crippen MR) is 101 cm³/mol. The van der Waals surface area contributed by atoms with Crippen molar-refractivity contribution in [3.63, 3.8) is 0 Å². The number of aliphatic hydroxyl groups is 3. The molecular weight excluding hydrogens is 498 g/mol. The van der Waals surface area contributed by atoms with Gasteiger partial charge in [-0.2, -0.15) is 0 Å². The van der Waals surface area contributed by atoms with Crippen LogP contribution in [-0.4, -0.2) is 59.5 Å². The van der Waals surface area contributed by atoms with E-state index in [9.17, 15) is 34.4 Å². The van der Waals surface area contributed by atoms with Crippen molar-refractivity contribution in [3.8, 4) is 0 Å². The van der Waals surface area contributed by atoms with E-state index in [-0.39, 0.29) is 9.99 Å². The molecule has 2 heterocycles. The lowest BCUT2D eigenvalue weighted by Gasteiger charge is -2.31. The van der Waals surface area contributed by atoms with Crippen LogP contribution in [0.3, 0.4) is 0 Å². The van der Waals surface area contributed by atoms with Gasteiger partial charge in [0, 0.05) is 12.6 Å². The van der Waals surface area contributed by atoms with Gasteiger partial charge in [0.25, 0.3) is 5.56 Å². The fourth-order valence-electron chi connectivity index (χ4n) is 2.73. The summed E-state index contributed by atoms with van der Waals surface area (Å²) in [5.41, 5.74) is -2.71. The summed E-state index contributed by atoms with van der Waals surface area (Å²) in [7, 11) is -4.31. The molecule has 0 aliphatic carbocycles. The second-order valence-corrected chi connectivity index (χ2v) is 10.2. The third-order valence-electron chi connectivity index (χ3n) is 4.08. The Morgan fingerprint density at radius 3 is 2.56 bits per heavy atom. The van der Waals surface area contributed by atoms with Crippen molar-refractivity contribution >= 4 is 30.2 Å². The highest BCUT2D eigenvalue weighted by molar-refractivity contribution is 14.1. The van der Waals surface area contributed by atoms with Crippen molar-refractivity contribution in [2.45, 2.75) is 63.2 Å². The molecule has 13 heteroatoms. The van der Waals surface area contributed by atoms with Crippen LogP contribution in [0.2, 0.25) is 0 Å². The first-order valence-corrected chi connectivity index (χ1v) is 10.7. The average molecular weight is 520 g/mol. The molecule has 0 spiro atoms. The molecule has 27 heavy (non-hydrogen) atoms. The Kier molecular flexibility index (Phi) is 6.75. The molecule has 0 saturated carbocycles. The van der Waals surface area contributed by atoms with Crippen molar-refractivity contribution in [2.75, 3.05) is 0 Å². The van der Waals surface area contributed by atoms with E-state index in [0.717, 1.165) is 11.5 Å². The van der Waals surface area contributed by atoms with Crippen LogP contribution in [0.4, 0.5) is 0 Å². The second-order valence-electron chi connectivity index (χ2n) is 6.94. The Bertz CT molecular complexity index is 852. The Balaban J connectivity index is 2.22. The van der Waals surface area contributed by atoms with Crippen LogP contribution in [0.5, 0.6) is 0 Å². The molecule has 1 saturated heterocycles. The van der Waals surface area contributed by atoms with Gasteiger partial charge in [0.05, 0.1) is 15.3 Å². The zero-order valence-corrected chi connectivity index (χ0v) is 17.8. The minimum Gasteiger partial charge on any atom is -0.388 e. The normalized spacial score (nSPS) is 29.5. The summed E-state index contributed by atoms with van der Waals surface area (Å²) in [5.74, 6) is -1.61. The molecule has 1 aliphatic heterocycles. The average Bonchev–Trinajstić information content (AvgIpc) is 2.77. The third kappa shape index (κ3) is 5.07. The summed E-state index contributed by atoms with van der Waals surface area (Å²) in [6.07, 6.45) is -4.13. The molecule has 0 radical (unpaired) electrons. The van der Waals surface area contributed by atoms with E-state index in [1.807, 2.05) is 0 Å². The van der Waals surface area contributed by atoms with E-state index in [0.29, 0.717) is 0 Å². The number of ether oxygens (including phenoxy) is 1. The first-order chi connectivity index (χ1) is 12.2. The molecule has 0 amide bonds. The molecule has 1 aliphatic rings. The lowest BCUT2D eigenvalue weighted by atomic mass is 9.97. The number of halogens is 1. The number of hydrogen-bond donors (Lipinski definition) is 5. The number of aliphatic hydroxyl groups excluding tert-OH is 3. The van der Waals surface area contributed by atoms with Crippen LogP contribution in [0.1, 0.15) is 33.4 Å². The quantitative estimate of drug-likeness (QED) is 0.244. The third-order valence-corrected chi connectivity index (χ3v) is 6.55. The molecule has 5 N–H and O–H groups in total. The van der Waals surface area contributed by atoms with E-state index >= 15 is 0 Å². The Labute approximate surface area is 167 Å². The lowest BCUT2D eigenvalue weighted by Crippen LogP contribution is -2.39. The van der Waals surface area contributed by atoms with Gasteiger partial charge in [-0.15, -0.1) is 0 Å². The Morgan fingerprint density at radius 2 is 2.00 bits per heavy atom. The van der Waals surface area contributed by atoms with Gasteiger partial charge in [-0.3, -0.25) is 18.9 Å². The zero-order valence-electron chi connectivity index (χ0n) is 14.8. The second kappa shape index (κ2) is 8.03. The Morgan fingerprint density at radius 1 is 1.41 bits per heavy atom. The first-order valence-electron chi connectivity index (χ1n) is 7.99. The summed E-state index contributed by atoms with van der Waals surface area (Å²) in [6, 6.07) is 0. The highest BCUT2D eigenvalue weighted by Crippen LogP contribution is 2.51. The van der Waals surface area contributed by atoms with Gasteiger partial charge in [0.2, 0.25) is 0 Å². The molecule has 1 unspecified atom stereocenters. The predicted octanol–water partition coefficient (Wildman–Crippen LogP) is -0.531. The summed E-state index contributed by atoms with van der Waals surface area (Å²) in [4.78, 5) is 35.2. The molecule has 1 fully saturated rings. The maximum absolute atomic E-state index is 12.0. The molecular formula is C14H22IN2O9P. The van der Waals surface area contributed by atoms with Crippen molar-refractivity contribution in [1.82, 2.24) is 9.55 Å². The summed E-state index contributed by atoms with van der Waals surface area (Å²) >= 11 is 1.71. The zero-order chi connectivity index (χ0) is 20.7. The van der Waals surface area contributed by atoms with E-state index in [1.165, 1.54) is 20.0 Å². The molecule has 0 aromatic carbocycles. The van der Waals surface area contributed by atoms with E-state index < -0.39 is 54.8 Å². The van der Waals surface area contributed by atoms with Crippen molar-refractivity contribution < 1.29 is 34.0 Å². The smallest absolute Gasteiger partial charge is 0.356 e. The molecule has 6 atom stereocenters. The van der Waals surface area contributed by atoms with E-state index in [4.69, 9.17) is 9.26 Å². The molecule has 1 aromatic heterocycles. The highest BCUT2D eigenvalue weighted by Gasteiger charge is 2.47. The van der Waals surface area contributed by atoms with Crippen LogP contribution < -0.4 is 11.2 Å². The monoisotopic (exact) mass is 520 g/mol. The van der Waals surface area contributed by atoms with Crippen LogP contribution in [0.25, 0.3) is 0 Å². The summed E-state index contributed by atoms with van der Waals surface area (Å²) < 4.78 is 23.7. The van der Waals surface area contributed by atoms with Crippen molar-refractivity contribution in [1.29, 1.82) is 0 Å². The topological polar surface area (TPSA) is 171 Å². The van der Waals surface area contributed by atoms with Gasteiger partial charge in [0.1, 0.15) is 12.2 Å². The SMILES string of the molecule is C[C@@H](O)P(=O)(O)OC(C)(C)C[C@H]1O[C@@H](n2cc(I)c(=O)[nH]c2=O)[C@H](O)[C@@H]1O. The fourth-order valence-corrected chi connectivity index (χ4v) is 4.10. The van der Waals surface area contributed by atoms with E-state index in [1.54, 1.807) is 22.6 Å². The van der Waals surface area contributed by atoms with Gasteiger partial charge < -0.3 is 29.5 Å². The fraction of sp³-hybridized carbons (Fsp3) is 0.714. The van der Waals surface area contributed by atoms with Gasteiger partial charge in [-0.05, 0) is 43.4 Å². The minimum absolute atomic E-state index is 0.117. The number of H-pyrrole nitrogens is 1. The molecule has 1 aromatic rings. The number of rotatable bonds is 6. The van der Waals surface area contributed by atoms with Crippen LogP contribution in [0, 0.1) is 3.57 Å². The van der Waals surface area contributed by atoms with Crippen LogP contribution in [0.15, 0.2) is 15.8 Å². The van der Waals surface area contributed by atoms with E-state index in [2.05, 4.69) is 4.98 Å². The standard InChI is InChI=1S/C14H22IN2O9P/c1-6(18)27(23,24)26-14(2,3)4-8-9(19)10(20)12(25-8)17-5-7(15)11(21)16-13(17)22/h5-6,8-10,12,18-20H,4H2,1-3H3,(H,23,24)(H,16,21,22)/t6-,8+,9+,10+,12+/m0/s1. The van der Waals surface area contributed by atoms with Crippen molar-refractivity contribution in [2.24, 2.45) is 0 Å². The van der Waals surface area contributed by atoms with Crippen molar-refractivity contribution in [3.05, 3.63) is 30.6 Å². The number of nitrogens with zero attached hydrogens (tertiary/aromatic N) is 1. The van der Waals surface area contributed by atoms with Gasteiger partial charge in [-0.25, -0.2) is 4.79 Å². The number of nitrogens with one attached hydrogen (secondary N) is 1. The number of aromatic amines is 1. The summed E-state index contributed by atoms with van der Waals surface area (Å²) in [5, 5.41) is 29.9. The first kappa shape index (κ1) is 22.7. The van der Waals surface area contributed by atoms with Gasteiger partial charge in [0.15, 0.2) is 12.1 Å². The molecule has 11 nitrogen and oxygen atoms in total. The largest absolute Gasteiger partial charge is 0.388 e. The molecule has 2 rings (SSSR count). The summed E-state index contributed by atoms with van der Waals surface area (Å²) in [6.45, 7) is 4.04. The molecule has 0 bridgehead atoms. The lowest BCUT2D eigenvalue weighted by molar-refractivity contribution is -0.0646. The number of hydrogen-bond acceptors (Lipinski definition) is 8. The highest BCUT2D eigenvalue weighted by atomic mass is 127. The van der Waals surface area contributed by atoms with Gasteiger partial charge >= 0.3 is 13.3 Å². The Hall–Kier alpha value is -0.600. The maximum atomic E-state index is 12.0. The number of aromatic nitrogens is 2. The van der Waals surface area contributed by atoms with Gasteiger partial charge in [-0.1, -0.05) is 0 Å².